The number of benzene rings is 3. The summed E-state index contributed by atoms with van der Waals surface area (Å²) in [6.07, 6.45) is -1.09. The van der Waals surface area contributed by atoms with Crippen LogP contribution in [0.2, 0.25) is 0 Å². The number of carbonyl (C=O) groups is 1. The first-order valence-corrected chi connectivity index (χ1v) is 11.7. The van der Waals surface area contributed by atoms with Gasteiger partial charge >= 0.3 is 12.1 Å². The van der Waals surface area contributed by atoms with E-state index in [2.05, 4.69) is 44.2 Å². The summed E-state index contributed by atoms with van der Waals surface area (Å²) in [6, 6.07) is 16.5. The summed E-state index contributed by atoms with van der Waals surface area (Å²) in [5.41, 5.74) is 7.41. The lowest BCUT2D eigenvalue weighted by atomic mass is 9.81. The maximum Gasteiger partial charge on any atom is 0.416 e. The van der Waals surface area contributed by atoms with Crippen LogP contribution in [-0.2, 0) is 24.0 Å². The van der Waals surface area contributed by atoms with E-state index in [-0.39, 0.29) is 18.0 Å². The Balaban J connectivity index is 0.000000253. The molecule has 8 heteroatoms. The van der Waals surface area contributed by atoms with Gasteiger partial charge in [0.05, 0.1) is 17.7 Å². The lowest BCUT2D eigenvalue weighted by Crippen LogP contribution is -2.13. The predicted molar refractivity (Wildman–Crippen MR) is 131 cm³/mol. The SMILES string of the molecule is Cc1cccc(COc2ccc3c(c2)CCCC3CC(=O)O)c1C.ONc1ccc(C(F)(F)F)cc1. The molecule has 4 rings (SSSR count). The van der Waals surface area contributed by atoms with Gasteiger partial charge in [-0.05, 0) is 103 Å². The lowest BCUT2D eigenvalue weighted by molar-refractivity contribution is -0.138. The van der Waals surface area contributed by atoms with E-state index in [0.717, 1.165) is 49.3 Å². The number of carboxylic acids is 1. The zero-order chi connectivity index (χ0) is 26.3. The minimum atomic E-state index is -4.33. The first-order valence-electron chi connectivity index (χ1n) is 11.7. The van der Waals surface area contributed by atoms with Crippen LogP contribution in [0, 0.1) is 13.8 Å². The Bertz CT molecular complexity index is 1180. The number of ether oxygens (including phenoxy) is 1. The fraction of sp³-hybridized carbons (Fsp3) is 0.321. The lowest BCUT2D eigenvalue weighted by Gasteiger charge is -2.25. The molecule has 5 nitrogen and oxygen atoms in total. The van der Waals surface area contributed by atoms with Crippen molar-refractivity contribution in [2.45, 2.75) is 58.2 Å². The van der Waals surface area contributed by atoms with Gasteiger partial charge in [0.2, 0.25) is 0 Å². The number of halogens is 3. The summed E-state index contributed by atoms with van der Waals surface area (Å²) in [5, 5.41) is 17.4. The van der Waals surface area contributed by atoms with Crippen molar-refractivity contribution in [2.75, 3.05) is 5.48 Å². The summed E-state index contributed by atoms with van der Waals surface area (Å²) in [6.45, 7) is 4.79. The Morgan fingerprint density at radius 2 is 1.81 bits per heavy atom. The summed E-state index contributed by atoms with van der Waals surface area (Å²) >= 11 is 0. The zero-order valence-corrected chi connectivity index (χ0v) is 20.2. The average Bonchev–Trinajstić information content (AvgIpc) is 2.84. The highest BCUT2D eigenvalue weighted by molar-refractivity contribution is 5.68. The molecule has 1 aliphatic rings. The number of anilines is 1. The van der Waals surface area contributed by atoms with E-state index in [1.54, 1.807) is 5.48 Å². The van der Waals surface area contributed by atoms with Crippen LogP contribution in [0.1, 0.15) is 58.6 Å². The van der Waals surface area contributed by atoms with Gasteiger partial charge in [-0.25, -0.2) is 0 Å². The summed E-state index contributed by atoms with van der Waals surface area (Å²) in [5.74, 6) is 0.285. The van der Waals surface area contributed by atoms with Gasteiger partial charge in [-0.3, -0.25) is 15.5 Å². The van der Waals surface area contributed by atoms with E-state index in [9.17, 15) is 18.0 Å². The molecule has 0 spiro atoms. The first-order chi connectivity index (χ1) is 17.1. The van der Waals surface area contributed by atoms with E-state index < -0.39 is 17.7 Å². The Kier molecular flexibility index (Phi) is 8.98. The molecular formula is C28H30F3NO4. The second-order valence-corrected chi connectivity index (χ2v) is 8.88. The molecule has 0 saturated carbocycles. The van der Waals surface area contributed by atoms with Gasteiger partial charge < -0.3 is 9.84 Å². The van der Waals surface area contributed by atoms with Crippen molar-refractivity contribution in [3.63, 3.8) is 0 Å². The molecule has 1 unspecified atom stereocenters. The van der Waals surface area contributed by atoms with Crippen molar-refractivity contribution >= 4 is 11.7 Å². The highest BCUT2D eigenvalue weighted by Gasteiger charge is 2.29. The van der Waals surface area contributed by atoms with E-state index in [4.69, 9.17) is 15.1 Å². The highest BCUT2D eigenvalue weighted by atomic mass is 19.4. The van der Waals surface area contributed by atoms with Crippen LogP contribution in [0.25, 0.3) is 0 Å². The molecule has 0 bridgehead atoms. The number of nitrogens with one attached hydrogen (secondary N) is 1. The molecule has 3 aromatic rings. The maximum absolute atomic E-state index is 11.9. The second kappa shape index (κ2) is 11.9. The van der Waals surface area contributed by atoms with E-state index in [0.29, 0.717) is 6.61 Å². The van der Waals surface area contributed by atoms with E-state index in [1.807, 2.05) is 6.07 Å². The van der Waals surface area contributed by atoms with E-state index >= 15 is 0 Å². The van der Waals surface area contributed by atoms with Crippen molar-refractivity contribution in [1.82, 2.24) is 0 Å². The van der Waals surface area contributed by atoms with Gasteiger partial charge in [-0.1, -0.05) is 24.3 Å². The number of alkyl halides is 3. The molecule has 0 saturated heterocycles. The van der Waals surface area contributed by atoms with Crippen LogP contribution in [0.15, 0.2) is 60.7 Å². The Morgan fingerprint density at radius 1 is 1.08 bits per heavy atom. The third kappa shape index (κ3) is 7.24. The van der Waals surface area contributed by atoms with Gasteiger partial charge in [0.15, 0.2) is 0 Å². The normalized spacial score (nSPS) is 14.8. The molecule has 1 atom stereocenters. The number of hydrogen-bond donors (Lipinski definition) is 3. The van der Waals surface area contributed by atoms with E-state index in [1.165, 1.54) is 27.8 Å². The Labute approximate surface area is 208 Å². The largest absolute Gasteiger partial charge is 0.489 e. The molecule has 3 aromatic carbocycles. The van der Waals surface area contributed by atoms with Crippen LogP contribution in [0.3, 0.4) is 0 Å². The van der Waals surface area contributed by atoms with Crippen LogP contribution >= 0.6 is 0 Å². The van der Waals surface area contributed by atoms with Crippen LogP contribution in [0.5, 0.6) is 5.75 Å². The first kappa shape index (κ1) is 27.1. The fourth-order valence-electron chi connectivity index (χ4n) is 4.27. The van der Waals surface area contributed by atoms with Crippen molar-refractivity contribution in [1.29, 1.82) is 0 Å². The Morgan fingerprint density at radius 3 is 2.44 bits per heavy atom. The Hall–Kier alpha value is -3.52. The monoisotopic (exact) mass is 501 g/mol. The number of aliphatic carboxylic acids is 1. The molecule has 36 heavy (non-hydrogen) atoms. The minimum Gasteiger partial charge on any atom is -0.489 e. The molecule has 192 valence electrons. The molecular weight excluding hydrogens is 471 g/mol. The second-order valence-electron chi connectivity index (χ2n) is 8.88. The quantitative estimate of drug-likeness (QED) is 0.309. The van der Waals surface area contributed by atoms with Crippen LogP contribution in [0.4, 0.5) is 18.9 Å². The van der Waals surface area contributed by atoms with Crippen LogP contribution in [-0.4, -0.2) is 16.3 Å². The molecule has 0 radical (unpaired) electrons. The average molecular weight is 502 g/mol. The van der Waals surface area contributed by atoms with Gasteiger partial charge in [-0.15, -0.1) is 0 Å². The molecule has 0 heterocycles. The minimum absolute atomic E-state index is 0.138. The van der Waals surface area contributed by atoms with Crippen molar-refractivity contribution < 1.29 is 33.0 Å². The molecule has 0 aromatic heterocycles. The van der Waals surface area contributed by atoms with Gasteiger partial charge in [-0.2, -0.15) is 13.2 Å². The predicted octanol–water partition coefficient (Wildman–Crippen LogP) is 7.28. The van der Waals surface area contributed by atoms with Crippen molar-refractivity contribution in [2.24, 2.45) is 0 Å². The molecule has 1 aliphatic carbocycles. The summed E-state index contributed by atoms with van der Waals surface area (Å²) in [4.78, 5) is 11.0. The molecule has 0 fully saturated rings. The molecule has 0 amide bonds. The number of carboxylic acid groups (broad SMARTS) is 1. The summed E-state index contributed by atoms with van der Waals surface area (Å²) in [7, 11) is 0. The third-order valence-electron chi connectivity index (χ3n) is 6.43. The standard InChI is InChI=1S/C21H24O3.C7H6F3NO/c1-14-5-3-8-18(15(14)2)13-24-19-9-10-20-16(11-19)6-4-7-17(20)12-21(22)23;8-7(9,10)5-1-3-6(11-12)4-2-5/h3,5,8-11,17H,4,6-7,12-13H2,1-2H3,(H,22,23);1-4,11-12H. The number of fused-ring (bicyclic) bond motifs is 1. The highest BCUT2D eigenvalue weighted by Crippen LogP contribution is 2.36. The molecule has 3 N–H and O–H groups in total. The third-order valence-corrected chi connectivity index (χ3v) is 6.43. The fourth-order valence-corrected chi connectivity index (χ4v) is 4.27. The number of hydrogen-bond acceptors (Lipinski definition) is 4. The molecule has 0 aliphatic heterocycles. The van der Waals surface area contributed by atoms with Gasteiger partial charge in [0.25, 0.3) is 0 Å². The number of aryl methyl sites for hydroxylation is 2. The summed E-state index contributed by atoms with van der Waals surface area (Å²) < 4.78 is 41.8. The number of rotatable bonds is 6. The van der Waals surface area contributed by atoms with Crippen molar-refractivity contribution in [3.8, 4) is 5.75 Å². The maximum atomic E-state index is 11.9. The smallest absolute Gasteiger partial charge is 0.416 e. The van der Waals surface area contributed by atoms with Crippen molar-refractivity contribution in [3.05, 3.63) is 94.0 Å². The van der Waals surface area contributed by atoms with Gasteiger partial charge in [0, 0.05) is 0 Å². The zero-order valence-electron chi connectivity index (χ0n) is 20.2. The topological polar surface area (TPSA) is 78.8 Å². The van der Waals surface area contributed by atoms with Crippen LogP contribution < -0.4 is 10.2 Å². The van der Waals surface area contributed by atoms with Gasteiger partial charge in [0.1, 0.15) is 12.4 Å².